The number of benzene rings is 2. The second-order valence-corrected chi connectivity index (χ2v) is 13.9. The van der Waals surface area contributed by atoms with Crippen LogP contribution in [0, 0.1) is 0 Å². The van der Waals surface area contributed by atoms with Gasteiger partial charge in [-0.25, -0.2) is 9.13 Å². The Morgan fingerprint density at radius 2 is 1.28 bits per heavy atom. The van der Waals surface area contributed by atoms with E-state index < -0.39 is 0 Å². The van der Waals surface area contributed by atoms with Crippen LogP contribution in [-0.4, -0.2) is 59.8 Å². The number of aryl methyl sites for hydroxylation is 2. The Morgan fingerprint density at radius 1 is 0.696 bits per heavy atom. The molecule has 1 fully saturated rings. The number of piperazine rings is 1. The highest BCUT2D eigenvalue weighted by atomic mass is 35.5. The molecule has 0 spiro atoms. The molecule has 46 heavy (non-hydrogen) atoms. The number of imidazole rings is 1. The van der Waals surface area contributed by atoms with Crippen molar-refractivity contribution in [2.75, 3.05) is 49.1 Å². The average Bonchev–Trinajstić information content (AvgIpc) is 3.49. The van der Waals surface area contributed by atoms with Crippen molar-refractivity contribution in [2.24, 2.45) is 0 Å². The summed E-state index contributed by atoms with van der Waals surface area (Å²) in [6.45, 7) is 16.5. The second-order valence-electron chi connectivity index (χ2n) is 12.3. The summed E-state index contributed by atoms with van der Waals surface area (Å²) in [5, 5.41) is 2.43. The topological polar surface area (TPSA) is 21.8 Å². The zero-order valence-electron chi connectivity index (χ0n) is 27.8. The molecule has 0 radical (unpaired) electrons. The predicted molar refractivity (Wildman–Crippen MR) is 199 cm³/mol. The number of fused-ring (bicyclic) bond motifs is 2. The van der Waals surface area contributed by atoms with Gasteiger partial charge in [0.1, 0.15) is 6.17 Å². The van der Waals surface area contributed by atoms with Crippen LogP contribution in [0.2, 0.25) is 20.1 Å². The van der Waals surface area contributed by atoms with Crippen LogP contribution in [0.1, 0.15) is 72.0 Å². The largest absolute Gasteiger partial charge is 0.374 e. The number of likely N-dealkylation sites (N-methyl/N-ethyl adjacent to an activating group) is 1. The molecule has 1 saturated heterocycles. The Bertz CT molecular complexity index is 1540. The molecule has 0 bridgehead atoms. The number of hydrogen-bond acceptors (Lipinski definition) is 4. The second kappa shape index (κ2) is 16.2. The van der Waals surface area contributed by atoms with Gasteiger partial charge in [0, 0.05) is 63.7 Å². The quantitative estimate of drug-likeness (QED) is 0.123. The highest BCUT2D eigenvalue weighted by molar-refractivity contribution is 6.43. The SMILES string of the molecule is CCCCCN1c2cc(Cl)c(Cl)cc2N(CC)C1/C=C/N1CCN(/C=C/c2n(CC)c3cc(Cl)c(Cl)cc3[n+]2CCCCC)CC1. The highest BCUT2D eigenvalue weighted by Gasteiger charge is 2.34. The lowest BCUT2D eigenvalue weighted by atomic mass is 10.2. The summed E-state index contributed by atoms with van der Waals surface area (Å²) in [4.78, 5) is 9.81. The first-order valence-corrected chi connectivity index (χ1v) is 18.6. The molecule has 3 heterocycles. The molecule has 3 aromatic rings. The van der Waals surface area contributed by atoms with E-state index in [-0.39, 0.29) is 6.17 Å². The van der Waals surface area contributed by atoms with E-state index in [1.807, 2.05) is 24.3 Å². The molecule has 1 atom stereocenters. The Labute approximate surface area is 295 Å². The van der Waals surface area contributed by atoms with Crippen LogP contribution in [0.25, 0.3) is 17.1 Å². The Morgan fingerprint density at radius 3 is 1.91 bits per heavy atom. The fourth-order valence-corrected chi connectivity index (χ4v) is 7.45. The summed E-state index contributed by atoms with van der Waals surface area (Å²) >= 11 is 25.9. The van der Waals surface area contributed by atoms with Crippen LogP contribution in [-0.2, 0) is 13.1 Å². The molecule has 0 amide bonds. The van der Waals surface area contributed by atoms with E-state index in [9.17, 15) is 0 Å². The van der Waals surface area contributed by atoms with Gasteiger partial charge in [0.15, 0.2) is 11.0 Å². The minimum absolute atomic E-state index is 0.144. The maximum absolute atomic E-state index is 6.49. The van der Waals surface area contributed by atoms with E-state index in [4.69, 9.17) is 46.4 Å². The van der Waals surface area contributed by atoms with Gasteiger partial charge in [0.2, 0.25) is 0 Å². The first kappa shape index (κ1) is 35.1. The molecule has 250 valence electrons. The van der Waals surface area contributed by atoms with Gasteiger partial charge in [-0.15, -0.1) is 0 Å². The van der Waals surface area contributed by atoms with E-state index in [1.54, 1.807) is 0 Å². The van der Waals surface area contributed by atoms with Gasteiger partial charge < -0.3 is 19.6 Å². The first-order chi connectivity index (χ1) is 22.3. The Kier molecular flexibility index (Phi) is 12.4. The van der Waals surface area contributed by atoms with Crippen molar-refractivity contribution in [2.45, 2.75) is 85.5 Å². The minimum Gasteiger partial charge on any atom is -0.374 e. The van der Waals surface area contributed by atoms with Gasteiger partial charge in [-0.1, -0.05) is 79.5 Å². The lowest BCUT2D eigenvalue weighted by Gasteiger charge is -2.35. The molecular formula is C36H49Cl4N6+. The minimum atomic E-state index is 0.144. The third kappa shape index (κ3) is 7.56. The normalized spacial score (nSPS) is 17.1. The zero-order chi connectivity index (χ0) is 32.8. The molecule has 6 nitrogen and oxygen atoms in total. The van der Waals surface area contributed by atoms with Gasteiger partial charge in [-0.3, -0.25) is 0 Å². The lowest BCUT2D eigenvalue weighted by molar-refractivity contribution is -0.674. The molecule has 10 heteroatoms. The smallest absolute Gasteiger partial charge is 0.283 e. The highest BCUT2D eigenvalue weighted by Crippen LogP contribution is 2.44. The number of halogens is 4. The van der Waals surface area contributed by atoms with Crippen LogP contribution in [0.3, 0.4) is 0 Å². The van der Waals surface area contributed by atoms with E-state index in [1.165, 1.54) is 42.9 Å². The lowest BCUT2D eigenvalue weighted by Crippen LogP contribution is -2.44. The summed E-state index contributed by atoms with van der Waals surface area (Å²) in [6.07, 6.45) is 16.4. The number of anilines is 2. The Balaban J connectivity index is 1.30. The maximum atomic E-state index is 6.49. The third-order valence-electron chi connectivity index (χ3n) is 9.32. The van der Waals surface area contributed by atoms with Crippen LogP contribution in [0.5, 0.6) is 0 Å². The number of rotatable bonds is 14. The van der Waals surface area contributed by atoms with E-state index >= 15 is 0 Å². The van der Waals surface area contributed by atoms with Crippen LogP contribution >= 0.6 is 46.4 Å². The summed E-state index contributed by atoms with van der Waals surface area (Å²) in [6, 6.07) is 8.11. The maximum Gasteiger partial charge on any atom is 0.283 e. The van der Waals surface area contributed by atoms with Crippen molar-refractivity contribution in [3.8, 4) is 0 Å². The monoisotopic (exact) mass is 705 g/mol. The molecule has 1 aromatic heterocycles. The van der Waals surface area contributed by atoms with Crippen molar-refractivity contribution < 1.29 is 4.57 Å². The molecule has 5 rings (SSSR count). The zero-order valence-corrected chi connectivity index (χ0v) is 30.8. The van der Waals surface area contributed by atoms with Gasteiger partial charge in [-0.2, -0.15) is 0 Å². The fraction of sp³-hybridized carbons (Fsp3) is 0.528. The number of aromatic nitrogens is 2. The molecule has 0 N–H and O–H groups in total. The molecule has 0 aliphatic carbocycles. The molecule has 2 aliphatic heterocycles. The van der Waals surface area contributed by atoms with Crippen molar-refractivity contribution in [1.82, 2.24) is 14.4 Å². The summed E-state index contributed by atoms with van der Waals surface area (Å²) in [5.74, 6) is 1.19. The van der Waals surface area contributed by atoms with Gasteiger partial charge in [-0.05, 0) is 57.5 Å². The summed E-state index contributed by atoms with van der Waals surface area (Å²) in [7, 11) is 0. The molecule has 1 unspecified atom stereocenters. The standard InChI is InChI=1S/C36H49Cl4N6/c1-5-9-11-15-45-33-25-29(39)27(37)23-31(33)43(7-3)35(45)13-17-41-19-21-42(22-20-41)18-14-36-44(8-4)32-24-28(38)30(40)26-34(32)46(36)16-12-10-6-2/h13-14,17-18,23-26,35H,5-12,15-16,19-22H2,1-4H3/q+1/b17-13+. The summed E-state index contributed by atoms with van der Waals surface area (Å²) < 4.78 is 4.77. The van der Waals surface area contributed by atoms with Gasteiger partial charge in [0.25, 0.3) is 5.82 Å². The van der Waals surface area contributed by atoms with Gasteiger partial charge >= 0.3 is 0 Å². The predicted octanol–water partition coefficient (Wildman–Crippen LogP) is 9.72. The fourth-order valence-electron chi connectivity index (χ4n) is 6.81. The summed E-state index contributed by atoms with van der Waals surface area (Å²) in [5.41, 5.74) is 4.62. The molecule has 2 aliphatic rings. The van der Waals surface area contributed by atoms with E-state index in [0.29, 0.717) is 20.1 Å². The van der Waals surface area contributed by atoms with Crippen molar-refractivity contribution in [3.05, 3.63) is 68.7 Å². The first-order valence-electron chi connectivity index (χ1n) is 17.1. The Hall–Kier alpha value is -2.25. The van der Waals surface area contributed by atoms with E-state index in [2.05, 4.69) is 81.0 Å². The number of unbranched alkanes of at least 4 members (excludes halogenated alkanes) is 4. The average molecular weight is 708 g/mol. The molecule has 0 saturated carbocycles. The van der Waals surface area contributed by atoms with Crippen LogP contribution in [0.4, 0.5) is 11.4 Å². The van der Waals surface area contributed by atoms with Crippen molar-refractivity contribution in [1.29, 1.82) is 0 Å². The van der Waals surface area contributed by atoms with Crippen LogP contribution < -0.4 is 14.4 Å². The van der Waals surface area contributed by atoms with Crippen molar-refractivity contribution in [3.63, 3.8) is 0 Å². The molecular weight excluding hydrogens is 658 g/mol. The third-order valence-corrected chi connectivity index (χ3v) is 10.8. The van der Waals surface area contributed by atoms with Gasteiger partial charge in [0.05, 0.1) is 44.6 Å². The van der Waals surface area contributed by atoms with Crippen molar-refractivity contribution >= 4 is 74.9 Å². The van der Waals surface area contributed by atoms with Crippen LogP contribution in [0.15, 0.2) is 42.7 Å². The number of nitrogens with zero attached hydrogens (tertiary/aromatic N) is 6. The number of hydrogen-bond donors (Lipinski definition) is 0. The molecule has 2 aromatic carbocycles. The van der Waals surface area contributed by atoms with E-state index in [0.717, 1.165) is 76.2 Å².